The van der Waals surface area contributed by atoms with Gasteiger partial charge < -0.3 is 4.90 Å². The Balaban J connectivity index is 4.38. The first kappa shape index (κ1) is 11.9. The van der Waals surface area contributed by atoms with Crippen LogP contribution in [0.15, 0.2) is 0 Å². The molecule has 0 saturated heterocycles. The summed E-state index contributed by atoms with van der Waals surface area (Å²) < 4.78 is 0. The van der Waals surface area contributed by atoms with E-state index in [1.54, 1.807) is 0 Å². The van der Waals surface area contributed by atoms with Gasteiger partial charge in [0.15, 0.2) is 0 Å². The minimum Gasteiger partial charge on any atom is -0.332 e. The summed E-state index contributed by atoms with van der Waals surface area (Å²) in [4.78, 5) is 22.4. The molecule has 0 heterocycles. The van der Waals surface area contributed by atoms with Crippen LogP contribution >= 0.6 is 0 Å². The average Bonchev–Trinajstić information content (AvgIpc) is 1.81. The maximum absolute atomic E-state index is 11.3. The molecule has 0 fully saturated rings. The van der Waals surface area contributed by atoms with Crippen LogP contribution in [0.4, 0.5) is 0 Å². The van der Waals surface area contributed by atoms with Crippen LogP contribution in [-0.4, -0.2) is 34.4 Å². The highest BCUT2D eigenvalue weighted by molar-refractivity contribution is 5.77. The molecule has 0 unspecified atom stereocenters. The number of carbonyl (C=O) groups is 1. The highest BCUT2D eigenvalue weighted by atomic mass is 16.6. The van der Waals surface area contributed by atoms with Crippen molar-refractivity contribution in [3.63, 3.8) is 0 Å². The Morgan fingerprint density at radius 3 is 1.92 bits per heavy atom. The molecule has 0 aromatic rings. The molecule has 1 amide bonds. The predicted octanol–water partition coefficient (Wildman–Crippen LogP) is 0.909. The first-order valence-corrected chi connectivity index (χ1v) is 4.29. The lowest BCUT2D eigenvalue weighted by Gasteiger charge is -2.29. The van der Waals surface area contributed by atoms with E-state index in [1.807, 2.05) is 27.7 Å². The quantitative estimate of drug-likeness (QED) is 0.486. The van der Waals surface area contributed by atoms with Gasteiger partial charge in [-0.15, -0.1) is 0 Å². The first-order valence-electron chi connectivity index (χ1n) is 4.29. The monoisotopic (exact) mass is 188 g/mol. The summed E-state index contributed by atoms with van der Waals surface area (Å²) in [5.74, 6) is -0.421. The molecule has 5 heteroatoms. The van der Waals surface area contributed by atoms with E-state index in [2.05, 4.69) is 0 Å². The van der Waals surface area contributed by atoms with Gasteiger partial charge in [0.2, 0.25) is 0 Å². The molecule has 76 valence electrons. The van der Waals surface area contributed by atoms with Gasteiger partial charge >= 0.3 is 0 Å². The van der Waals surface area contributed by atoms with Crippen molar-refractivity contribution in [3.8, 4) is 0 Å². The van der Waals surface area contributed by atoms with E-state index >= 15 is 0 Å². The van der Waals surface area contributed by atoms with E-state index in [0.717, 1.165) is 0 Å². The fraction of sp³-hybridized carbons (Fsp3) is 0.875. The van der Waals surface area contributed by atoms with Crippen molar-refractivity contribution in [1.82, 2.24) is 4.90 Å². The van der Waals surface area contributed by atoms with Gasteiger partial charge in [-0.25, -0.2) is 0 Å². The molecule has 0 rings (SSSR count). The molecule has 0 N–H and O–H groups in total. The van der Waals surface area contributed by atoms with Crippen molar-refractivity contribution in [2.24, 2.45) is 0 Å². The zero-order valence-electron chi connectivity index (χ0n) is 8.48. The highest BCUT2D eigenvalue weighted by Gasteiger charge is 2.23. The lowest BCUT2D eigenvalue weighted by atomic mass is 10.2. The number of hydrogen-bond acceptors (Lipinski definition) is 3. The van der Waals surface area contributed by atoms with Crippen LogP contribution < -0.4 is 0 Å². The first-order chi connectivity index (χ1) is 5.86. The third-order valence-electron chi connectivity index (χ3n) is 1.67. The van der Waals surface area contributed by atoms with Crippen molar-refractivity contribution in [1.29, 1.82) is 0 Å². The number of rotatable bonds is 4. The van der Waals surface area contributed by atoms with E-state index in [1.165, 1.54) is 4.90 Å². The topological polar surface area (TPSA) is 63.5 Å². The Hall–Kier alpha value is -1.13. The van der Waals surface area contributed by atoms with Gasteiger partial charge in [-0.1, -0.05) is 0 Å². The van der Waals surface area contributed by atoms with Gasteiger partial charge in [-0.05, 0) is 27.7 Å². The number of carbonyl (C=O) groups excluding carboxylic acids is 1. The summed E-state index contributed by atoms with van der Waals surface area (Å²) in [7, 11) is 0. The Labute approximate surface area is 77.9 Å². The Morgan fingerprint density at radius 1 is 1.31 bits per heavy atom. The molecule has 0 bridgehead atoms. The van der Waals surface area contributed by atoms with E-state index in [9.17, 15) is 14.9 Å². The third-order valence-corrected chi connectivity index (χ3v) is 1.67. The smallest absolute Gasteiger partial charge is 0.294 e. The molecular weight excluding hydrogens is 172 g/mol. The average molecular weight is 188 g/mol. The molecule has 0 aromatic heterocycles. The molecule has 0 atom stereocenters. The van der Waals surface area contributed by atoms with Crippen LogP contribution in [0.2, 0.25) is 0 Å². The summed E-state index contributed by atoms with van der Waals surface area (Å²) in [6.45, 7) is 6.77. The molecule has 0 aromatic carbocycles. The zero-order valence-corrected chi connectivity index (χ0v) is 8.48. The molecule has 0 saturated carbocycles. The summed E-state index contributed by atoms with van der Waals surface area (Å²) in [5.41, 5.74) is 0. The minimum atomic E-state index is -0.615. The summed E-state index contributed by atoms with van der Waals surface area (Å²) >= 11 is 0. The number of nitro groups is 1. The molecule has 0 aliphatic rings. The molecule has 0 radical (unpaired) electrons. The zero-order chi connectivity index (χ0) is 10.6. The molecule has 0 aliphatic heterocycles. The van der Waals surface area contributed by atoms with Crippen LogP contribution in [-0.2, 0) is 4.79 Å². The fourth-order valence-electron chi connectivity index (χ4n) is 1.36. The standard InChI is InChI=1S/C8H16N2O3/c1-6(2)10(7(3)4)8(11)5-9(12)13/h6-7H,5H2,1-4H3. The second-order valence-electron chi connectivity index (χ2n) is 3.48. The lowest BCUT2D eigenvalue weighted by molar-refractivity contribution is -0.469. The van der Waals surface area contributed by atoms with Crippen molar-refractivity contribution >= 4 is 5.91 Å². The molecule has 0 aliphatic carbocycles. The SMILES string of the molecule is CC(C)N(C(=O)C[N+](=O)[O-])C(C)C. The fourth-order valence-corrected chi connectivity index (χ4v) is 1.36. The van der Waals surface area contributed by atoms with Gasteiger partial charge in [-0.3, -0.25) is 14.9 Å². The van der Waals surface area contributed by atoms with Gasteiger partial charge in [0.1, 0.15) is 0 Å². The lowest BCUT2D eigenvalue weighted by Crippen LogP contribution is -2.44. The summed E-state index contributed by atoms with van der Waals surface area (Å²) in [6, 6.07) is 0.0138. The van der Waals surface area contributed by atoms with E-state index in [0.29, 0.717) is 0 Å². The van der Waals surface area contributed by atoms with E-state index in [4.69, 9.17) is 0 Å². The Kier molecular flexibility index (Phi) is 4.37. The van der Waals surface area contributed by atoms with Crippen molar-refractivity contribution in [2.45, 2.75) is 39.8 Å². The largest absolute Gasteiger partial charge is 0.332 e. The van der Waals surface area contributed by atoms with Crippen molar-refractivity contribution < 1.29 is 9.72 Å². The van der Waals surface area contributed by atoms with Crippen LogP contribution in [0.25, 0.3) is 0 Å². The number of amides is 1. The Morgan fingerprint density at radius 2 is 1.69 bits per heavy atom. The van der Waals surface area contributed by atoms with Crippen LogP contribution in [0.3, 0.4) is 0 Å². The van der Waals surface area contributed by atoms with Crippen LogP contribution in [0.1, 0.15) is 27.7 Å². The maximum atomic E-state index is 11.3. The van der Waals surface area contributed by atoms with Crippen molar-refractivity contribution in [2.75, 3.05) is 6.54 Å². The van der Waals surface area contributed by atoms with Crippen molar-refractivity contribution in [3.05, 3.63) is 10.1 Å². The molecule has 0 spiro atoms. The summed E-state index contributed by atoms with van der Waals surface area (Å²) in [5, 5.41) is 10.1. The summed E-state index contributed by atoms with van der Waals surface area (Å²) in [6.07, 6.45) is 0. The number of nitrogens with zero attached hydrogens (tertiary/aromatic N) is 2. The van der Waals surface area contributed by atoms with Gasteiger partial charge in [-0.2, -0.15) is 0 Å². The normalized spacial score (nSPS) is 10.6. The minimum absolute atomic E-state index is 0.00690. The highest BCUT2D eigenvalue weighted by Crippen LogP contribution is 2.05. The van der Waals surface area contributed by atoms with Crippen LogP contribution in [0, 0.1) is 10.1 Å². The Bertz CT molecular complexity index is 194. The maximum Gasteiger partial charge on any atom is 0.294 e. The van der Waals surface area contributed by atoms with Gasteiger partial charge in [0.05, 0.1) is 0 Å². The van der Waals surface area contributed by atoms with E-state index < -0.39 is 17.4 Å². The van der Waals surface area contributed by atoms with E-state index in [-0.39, 0.29) is 12.1 Å². The molecule has 13 heavy (non-hydrogen) atoms. The van der Waals surface area contributed by atoms with Gasteiger partial charge in [0, 0.05) is 17.0 Å². The van der Waals surface area contributed by atoms with Crippen LogP contribution in [0.5, 0.6) is 0 Å². The molecule has 5 nitrogen and oxygen atoms in total. The number of hydrogen-bond donors (Lipinski definition) is 0. The second kappa shape index (κ2) is 4.79. The molecular formula is C8H16N2O3. The predicted molar refractivity (Wildman–Crippen MR) is 49.0 cm³/mol. The second-order valence-corrected chi connectivity index (χ2v) is 3.48. The van der Waals surface area contributed by atoms with Gasteiger partial charge in [0.25, 0.3) is 12.5 Å². The third kappa shape index (κ3) is 3.87.